The molecule has 9 nitrogen and oxygen atoms in total. The second-order valence-electron chi connectivity index (χ2n) is 6.53. The first-order valence-corrected chi connectivity index (χ1v) is 9.07. The van der Waals surface area contributed by atoms with Gasteiger partial charge in [0.1, 0.15) is 12.3 Å². The number of imide groups is 1. The second-order valence-corrected chi connectivity index (χ2v) is 6.53. The normalized spacial score (nSPS) is 13.9. The lowest BCUT2D eigenvalue weighted by Crippen LogP contribution is -2.47. The van der Waals surface area contributed by atoms with Gasteiger partial charge in [0.05, 0.1) is 11.1 Å². The summed E-state index contributed by atoms with van der Waals surface area (Å²) in [5.74, 6) is -2.87. The molecule has 0 spiro atoms. The summed E-state index contributed by atoms with van der Waals surface area (Å²) in [6, 6.07) is 3.56. The van der Waals surface area contributed by atoms with Crippen LogP contribution in [0.4, 0.5) is 5.69 Å². The van der Waals surface area contributed by atoms with E-state index in [9.17, 15) is 24.0 Å². The first kappa shape index (κ1) is 21.1. The molecule has 1 heterocycles. The predicted molar refractivity (Wildman–Crippen MR) is 99.8 cm³/mol. The minimum absolute atomic E-state index is 0.00818. The highest BCUT2D eigenvalue weighted by molar-refractivity contribution is 6.23. The Labute approximate surface area is 161 Å². The highest BCUT2D eigenvalue weighted by Crippen LogP contribution is 2.28. The van der Waals surface area contributed by atoms with Crippen LogP contribution in [0.1, 0.15) is 59.2 Å². The summed E-state index contributed by atoms with van der Waals surface area (Å²) in [4.78, 5) is 58.8. The number of hydrogen-bond donors (Lipinski definition) is 3. The quantitative estimate of drug-likeness (QED) is 0.276. The standard InChI is InChI=1S/C19H23N3O6/c20-17(26)15(5-4-10-23)22-18(27)13-8-7-12(11-14(13)19(22)28)21-9-3-1-2-6-16(24)25/h7-8,10-11,15,21H,1-6,9H2,(H2,20,26)(H,24,25). The van der Waals surface area contributed by atoms with Gasteiger partial charge in [-0.15, -0.1) is 0 Å². The molecule has 0 saturated heterocycles. The smallest absolute Gasteiger partial charge is 0.303 e. The Morgan fingerprint density at radius 2 is 1.86 bits per heavy atom. The lowest BCUT2D eigenvalue weighted by atomic mass is 10.1. The number of carbonyl (C=O) groups excluding carboxylic acids is 4. The molecule has 28 heavy (non-hydrogen) atoms. The van der Waals surface area contributed by atoms with Crippen LogP contribution < -0.4 is 11.1 Å². The monoisotopic (exact) mass is 389 g/mol. The Bertz CT molecular complexity index is 792. The number of anilines is 1. The molecule has 0 saturated carbocycles. The summed E-state index contributed by atoms with van der Waals surface area (Å²) in [6.45, 7) is 0.591. The molecule has 3 amide bonds. The molecule has 1 atom stereocenters. The second kappa shape index (κ2) is 9.63. The van der Waals surface area contributed by atoms with E-state index in [4.69, 9.17) is 10.8 Å². The van der Waals surface area contributed by atoms with E-state index >= 15 is 0 Å². The van der Waals surface area contributed by atoms with Crippen molar-refractivity contribution in [3.8, 4) is 0 Å². The van der Waals surface area contributed by atoms with Crippen LogP contribution in [-0.2, 0) is 14.4 Å². The number of amides is 3. The van der Waals surface area contributed by atoms with Gasteiger partial charge in [0, 0.05) is 25.1 Å². The van der Waals surface area contributed by atoms with E-state index in [0.717, 1.165) is 17.7 Å². The Morgan fingerprint density at radius 3 is 2.50 bits per heavy atom. The van der Waals surface area contributed by atoms with Crippen LogP contribution in [0, 0.1) is 0 Å². The Kier molecular flexibility index (Phi) is 7.25. The number of carboxylic acids is 1. The summed E-state index contributed by atoms with van der Waals surface area (Å²) in [5.41, 5.74) is 6.33. The number of nitrogens with two attached hydrogens (primary N) is 1. The van der Waals surface area contributed by atoms with E-state index in [2.05, 4.69) is 5.32 Å². The first-order chi connectivity index (χ1) is 13.4. The van der Waals surface area contributed by atoms with Crippen molar-refractivity contribution in [1.82, 2.24) is 4.90 Å². The van der Waals surface area contributed by atoms with Gasteiger partial charge in [-0.1, -0.05) is 6.42 Å². The van der Waals surface area contributed by atoms with E-state index in [-0.39, 0.29) is 30.4 Å². The van der Waals surface area contributed by atoms with Crippen LogP contribution in [0.2, 0.25) is 0 Å². The number of rotatable bonds is 12. The summed E-state index contributed by atoms with van der Waals surface area (Å²) in [6.07, 6.45) is 2.86. The number of aldehydes is 1. The first-order valence-electron chi connectivity index (χ1n) is 9.07. The highest BCUT2D eigenvalue weighted by Gasteiger charge is 2.42. The minimum Gasteiger partial charge on any atom is -0.481 e. The molecule has 0 aliphatic carbocycles. The van der Waals surface area contributed by atoms with Gasteiger partial charge in [-0.2, -0.15) is 0 Å². The van der Waals surface area contributed by atoms with Crippen molar-refractivity contribution in [1.29, 1.82) is 0 Å². The molecule has 0 aromatic heterocycles. The van der Waals surface area contributed by atoms with Gasteiger partial charge >= 0.3 is 5.97 Å². The van der Waals surface area contributed by atoms with E-state index in [1.807, 2.05) is 0 Å². The molecule has 0 bridgehead atoms. The number of nitrogens with one attached hydrogen (secondary N) is 1. The van der Waals surface area contributed by atoms with Crippen LogP contribution in [0.15, 0.2) is 18.2 Å². The molecule has 1 unspecified atom stereocenters. The molecular formula is C19H23N3O6. The fraction of sp³-hybridized carbons (Fsp3) is 0.421. The zero-order valence-electron chi connectivity index (χ0n) is 15.3. The number of carboxylic acid groups (broad SMARTS) is 1. The minimum atomic E-state index is -1.16. The zero-order chi connectivity index (χ0) is 20.7. The predicted octanol–water partition coefficient (Wildman–Crippen LogP) is 1.17. The molecule has 0 radical (unpaired) electrons. The Morgan fingerprint density at radius 1 is 1.14 bits per heavy atom. The maximum absolute atomic E-state index is 12.7. The third-order valence-electron chi connectivity index (χ3n) is 4.51. The Balaban J connectivity index is 2.03. The van der Waals surface area contributed by atoms with Gasteiger partial charge in [0.25, 0.3) is 11.8 Å². The number of primary amides is 1. The third kappa shape index (κ3) is 4.93. The van der Waals surface area contributed by atoms with Crippen molar-refractivity contribution in [2.24, 2.45) is 5.73 Å². The molecule has 2 rings (SSSR count). The van der Waals surface area contributed by atoms with Gasteiger partial charge < -0.3 is 21.0 Å². The van der Waals surface area contributed by atoms with Gasteiger partial charge in [-0.25, -0.2) is 0 Å². The van der Waals surface area contributed by atoms with Crippen LogP contribution in [0.3, 0.4) is 0 Å². The van der Waals surface area contributed by atoms with Crippen molar-refractivity contribution < 1.29 is 29.1 Å². The van der Waals surface area contributed by atoms with Crippen LogP contribution in [0.5, 0.6) is 0 Å². The van der Waals surface area contributed by atoms with E-state index in [1.54, 1.807) is 12.1 Å². The fourth-order valence-corrected chi connectivity index (χ4v) is 3.09. The topological polar surface area (TPSA) is 147 Å². The molecule has 1 aromatic carbocycles. The molecule has 9 heteroatoms. The number of hydrogen-bond acceptors (Lipinski definition) is 6. The number of benzene rings is 1. The van der Waals surface area contributed by atoms with Gasteiger partial charge in [-0.3, -0.25) is 24.1 Å². The maximum atomic E-state index is 12.7. The van der Waals surface area contributed by atoms with Crippen LogP contribution in [0.25, 0.3) is 0 Å². The molecule has 1 aromatic rings. The lowest BCUT2D eigenvalue weighted by Gasteiger charge is -2.22. The largest absolute Gasteiger partial charge is 0.481 e. The summed E-state index contributed by atoms with van der Waals surface area (Å²) < 4.78 is 0. The third-order valence-corrected chi connectivity index (χ3v) is 4.51. The number of unbranched alkanes of at least 4 members (excludes halogenated alkanes) is 2. The zero-order valence-corrected chi connectivity index (χ0v) is 15.3. The highest BCUT2D eigenvalue weighted by atomic mass is 16.4. The molecular weight excluding hydrogens is 366 g/mol. The summed E-state index contributed by atoms with van der Waals surface area (Å²) in [5, 5.41) is 11.7. The number of aliphatic carboxylic acids is 1. The Hall–Kier alpha value is -3.23. The van der Waals surface area contributed by atoms with Crippen LogP contribution in [-0.4, -0.2) is 52.6 Å². The molecule has 4 N–H and O–H groups in total. The maximum Gasteiger partial charge on any atom is 0.303 e. The van der Waals surface area contributed by atoms with Crippen molar-refractivity contribution >= 4 is 35.7 Å². The number of nitrogens with zero attached hydrogens (tertiary/aromatic N) is 1. The summed E-state index contributed by atoms with van der Waals surface area (Å²) >= 11 is 0. The van der Waals surface area contributed by atoms with Gasteiger partial charge in [0.15, 0.2) is 0 Å². The molecule has 0 fully saturated rings. The van der Waals surface area contributed by atoms with Crippen molar-refractivity contribution in [3.63, 3.8) is 0 Å². The number of carbonyl (C=O) groups is 5. The van der Waals surface area contributed by atoms with Gasteiger partial charge in [-0.05, 0) is 37.5 Å². The average Bonchev–Trinajstić information content (AvgIpc) is 2.89. The number of fused-ring (bicyclic) bond motifs is 1. The average molecular weight is 389 g/mol. The fourth-order valence-electron chi connectivity index (χ4n) is 3.09. The van der Waals surface area contributed by atoms with E-state index in [0.29, 0.717) is 24.9 Å². The van der Waals surface area contributed by atoms with Gasteiger partial charge in [0.2, 0.25) is 5.91 Å². The van der Waals surface area contributed by atoms with Crippen molar-refractivity contribution in [3.05, 3.63) is 29.3 Å². The van der Waals surface area contributed by atoms with Crippen molar-refractivity contribution in [2.45, 2.75) is 44.6 Å². The summed E-state index contributed by atoms with van der Waals surface area (Å²) in [7, 11) is 0. The van der Waals surface area contributed by atoms with E-state index in [1.165, 1.54) is 6.07 Å². The molecule has 150 valence electrons. The lowest BCUT2D eigenvalue weighted by molar-refractivity contribution is -0.137. The molecule has 1 aliphatic heterocycles. The molecule has 1 aliphatic rings. The van der Waals surface area contributed by atoms with Crippen LogP contribution >= 0.6 is 0 Å². The SMILES string of the molecule is NC(=O)C(CCC=O)N1C(=O)c2ccc(NCCCCCC(=O)O)cc2C1=O. The van der Waals surface area contributed by atoms with Crippen molar-refractivity contribution in [2.75, 3.05) is 11.9 Å². The van der Waals surface area contributed by atoms with E-state index < -0.39 is 29.7 Å².